The number of carbonyl (C=O) groups excluding carboxylic acids is 4. The molecule has 0 heterocycles. The van der Waals surface area contributed by atoms with Crippen LogP contribution in [-0.2, 0) is 65.4 Å². The van der Waals surface area contributed by atoms with Gasteiger partial charge >= 0.3 is 39.5 Å². The van der Waals surface area contributed by atoms with Gasteiger partial charge in [-0.3, -0.25) is 37.3 Å². The van der Waals surface area contributed by atoms with Crippen LogP contribution >= 0.6 is 15.6 Å². The van der Waals surface area contributed by atoms with Crippen molar-refractivity contribution in [1.82, 2.24) is 0 Å². The van der Waals surface area contributed by atoms with E-state index in [4.69, 9.17) is 37.0 Å². The molecule has 5 atom stereocenters. The first-order valence-corrected chi connectivity index (χ1v) is 41.1. The van der Waals surface area contributed by atoms with E-state index in [-0.39, 0.29) is 25.7 Å². The Morgan fingerprint density at radius 1 is 0.296 bits per heavy atom. The second-order valence-electron chi connectivity index (χ2n) is 25.2. The smallest absolute Gasteiger partial charge is 0.462 e. The molecule has 98 heavy (non-hydrogen) atoms. The topological polar surface area (TPSA) is 237 Å². The van der Waals surface area contributed by atoms with Crippen LogP contribution in [0.15, 0.2) is 109 Å². The molecule has 5 unspecified atom stereocenters. The summed E-state index contributed by atoms with van der Waals surface area (Å²) in [6.45, 7) is 4.55. The van der Waals surface area contributed by atoms with Crippen molar-refractivity contribution in [3.63, 3.8) is 0 Å². The number of allylic oxidation sites excluding steroid dienone is 18. The van der Waals surface area contributed by atoms with Crippen LogP contribution in [0.1, 0.15) is 310 Å². The van der Waals surface area contributed by atoms with Gasteiger partial charge in [-0.2, -0.15) is 0 Å². The summed E-state index contributed by atoms with van der Waals surface area (Å²) >= 11 is 0. The molecule has 0 aliphatic heterocycles. The molecule has 564 valence electrons. The number of ether oxygens (including phenoxy) is 4. The number of hydrogen-bond acceptors (Lipinski definition) is 15. The molecule has 0 saturated carbocycles. The van der Waals surface area contributed by atoms with Crippen LogP contribution in [-0.4, -0.2) is 96.7 Å². The average Bonchev–Trinajstić information content (AvgIpc) is 1.03. The van der Waals surface area contributed by atoms with Crippen molar-refractivity contribution < 1.29 is 80.2 Å². The first kappa shape index (κ1) is 93.7. The van der Waals surface area contributed by atoms with E-state index in [0.717, 1.165) is 148 Å². The first-order chi connectivity index (χ1) is 47.7. The van der Waals surface area contributed by atoms with Gasteiger partial charge in [-0.25, -0.2) is 9.13 Å². The van der Waals surface area contributed by atoms with E-state index in [0.29, 0.717) is 32.1 Å². The zero-order chi connectivity index (χ0) is 71.8. The summed E-state index contributed by atoms with van der Waals surface area (Å²) in [5.74, 6) is -2.27. The van der Waals surface area contributed by atoms with Crippen molar-refractivity contribution >= 4 is 39.5 Å². The van der Waals surface area contributed by atoms with Crippen LogP contribution < -0.4 is 0 Å². The third-order valence-corrected chi connectivity index (χ3v) is 17.7. The fourth-order valence-corrected chi connectivity index (χ4v) is 11.6. The maximum absolute atomic E-state index is 13.1. The predicted molar refractivity (Wildman–Crippen MR) is 399 cm³/mol. The molecular formula is C79H136O17P2. The van der Waals surface area contributed by atoms with E-state index in [1.807, 2.05) is 18.2 Å². The van der Waals surface area contributed by atoms with Gasteiger partial charge in [0.25, 0.3) is 0 Å². The molecule has 0 rings (SSSR count). The van der Waals surface area contributed by atoms with Crippen molar-refractivity contribution in [2.24, 2.45) is 0 Å². The van der Waals surface area contributed by atoms with Crippen molar-refractivity contribution in [2.75, 3.05) is 39.6 Å². The number of esters is 4. The highest BCUT2D eigenvalue weighted by molar-refractivity contribution is 7.47. The molecule has 0 fully saturated rings. The Labute approximate surface area is 594 Å². The molecule has 0 aromatic carbocycles. The monoisotopic (exact) mass is 1420 g/mol. The number of hydrogen-bond donors (Lipinski definition) is 3. The van der Waals surface area contributed by atoms with E-state index in [1.54, 1.807) is 0 Å². The van der Waals surface area contributed by atoms with Gasteiger partial charge in [-0.15, -0.1) is 0 Å². The predicted octanol–water partition coefficient (Wildman–Crippen LogP) is 21.8. The summed E-state index contributed by atoms with van der Waals surface area (Å²) in [4.78, 5) is 72.7. The van der Waals surface area contributed by atoms with Crippen LogP contribution in [0.2, 0.25) is 0 Å². The molecule has 19 heteroatoms. The summed E-state index contributed by atoms with van der Waals surface area (Å²) in [7, 11) is -9.96. The Morgan fingerprint density at radius 2 is 0.551 bits per heavy atom. The normalized spacial score (nSPS) is 14.6. The average molecular weight is 1420 g/mol. The Morgan fingerprint density at radius 3 is 0.878 bits per heavy atom. The number of aliphatic hydroxyl groups is 1. The molecule has 0 aromatic heterocycles. The minimum atomic E-state index is -4.98. The molecule has 0 aliphatic rings. The van der Waals surface area contributed by atoms with Gasteiger partial charge in [-0.05, 0) is 96.3 Å². The van der Waals surface area contributed by atoms with E-state index >= 15 is 0 Å². The van der Waals surface area contributed by atoms with E-state index in [9.17, 15) is 43.2 Å². The van der Waals surface area contributed by atoms with Gasteiger partial charge in [0.05, 0.1) is 26.4 Å². The molecule has 0 bridgehead atoms. The van der Waals surface area contributed by atoms with Gasteiger partial charge in [0.15, 0.2) is 12.2 Å². The highest BCUT2D eigenvalue weighted by Crippen LogP contribution is 2.45. The zero-order valence-electron chi connectivity index (χ0n) is 61.4. The SMILES string of the molecule is CC/C=C\C/C=C\C/C=C\C/C=C\C/C=C\C/C=C\CCC(=O)OCC(COP(=O)(O)OCC(O)COP(=O)(O)OCC(COC(=O)CCCCCCCCC/C=C\C/C=C\C/C=C\CC)OC(=O)CCCCCCCCCCCCC)OC(=O)CCCCCCCCCCCCC. The fourth-order valence-electron chi connectivity index (χ4n) is 10.0. The number of unbranched alkanes of at least 4 members (excludes halogenated alkanes) is 27. The van der Waals surface area contributed by atoms with Crippen LogP contribution in [0, 0.1) is 0 Å². The number of carbonyl (C=O) groups is 4. The number of aliphatic hydroxyl groups excluding tert-OH is 1. The molecule has 0 saturated heterocycles. The maximum Gasteiger partial charge on any atom is 0.472 e. The third kappa shape index (κ3) is 70.2. The van der Waals surface area contributed by atoms with Gasteiger partial charge in [0.2, 0.25) is 0 Å². The molecule has 0 radical (unpaired) electrons. The van der Waals surface area contributed by atoms with E-state index in [2.05, 4.69) is 119 Å². The van der Waals surface area contributed by atoms with Crippen LogP contribution in [0.4, 0.5) is 0 Å². The zero-order valence-corrected chi connectivity index (χ0v) is 63.2. The fraction of sp³-hybridized carbons (Fsp3) is 0.722. The standard InChI is InChI=1S/C79H136O17P2/c1-5-9-13-17-21-25-29-31-33-35-36-38-40-42-46-48-52-56-60-64-77(82)90-70-75(96-79(84)66-62-58-54-50-44-28-24-20-16-12-8-4)72-94-98(87,88)92-68-73(80)67-91-97(85,86)93-71-74(95-78(83)65-61-57-53-49-43-27-23-19-15-11-7-3)69-89-76(81)63-59-55-51-47-45-41-39-37-34-32-30-26-22-18-14-10-6-2/h9-10,13-14,21-22,25-26,31-34,36,38,42,46,52,56,73-75,80H,5-8,11-12,15-20,23-24,27-30,35,37,39-41,43-45,47-51,53-55,57-72H2,1-4H3,(H,85,86)(H,87,88)/b13-9-,14-10-,25-21-,26-22-,33-31-,34-32-,38-36-,46-42-,56-52-. The highest BCUT2D eigenvalue weighted by Gasteiger charge is 2.30. The van der Waals surface area contributed by atoms with E-state index < -0.39 is 97.5 Å². The van der Waals surface area contributed by atoms with Gasteiger partial charge < -0.3 is 33.8 Å². The van der Waals surface area contributed by atoms with Crippen molar-refractivity contribution in [1.29, 1.82) is 0 Å². The summed E-state index contributed by atoms with van der Waals surface area (Å²) in [5.41, 5.74) is 0. The molecule has 0 spiro atoms. The molecule has 0 aliphatic carbocycles. The van der Waals surface area contributed by atoms with Crippen molar-refractivity contribution in [2.45, 2.75) is 329 Å². The van der Waals surface area contributed by atoms with Crippen molar-refractivity contribution in [3.05, 3.63) is 109 Å². The third-order valence-electron chi connectivity index (χ3n) is 15.8. The minimum absolute atomic E-state index is 0.0374. The largest absolute Gasteiger partial charge is 0.472 e. The van der Waals surface area contributed by atoms with Gasteiger partial charge in [-0.1, -0.05) is 298 Å². The lowest BCUT2D eigenvalue weighted by Crippen LogP contribution is -2.30. The Bertz CT molecular complexity index is 2290. The Hall–Kier alpha value is -4.28. The second kappa shape index (κ2) is 71.1. The number of phosphoric ester groups is 2. The maximum atomic E-state index is 13.1. The summed E-state index contributed by atoms with van der Waals surface area (Å²) in [6, 6.07) is 0. The van der Waals surface area contributed by atoms with E-state index in [1.165, 1.54) is 77.0 Å². The summed E-state index contributed by atoms with van der Waals surface area (Å²) in [6.07, 6.45) is 75.3. The lowest BCUT2D eigenvalue weighted by molar-refractivity contribution is -0.161. The molecular weight excluding hydrogens is 1280 g/mol. The van der Waals surface area contributed by atoms with Crippen LogP contribution in [0.3, 0.4) is 0 Å². The van der Waals surface area contributed by atoms with Gasteiger partial charge in [0.1, 0.15) is 19.3 Å². The van der Waals surface area contributed by atoms with Crippen LogP contribution in [0.5, 0.6) is 0 Å². The molecule has 0 amide bonds. The van der Waals surface area contributed by atoms with Gasteiger partial charge in [0, 0.05) is 25.7 Å². The lowest BCUT2D eigenvalue weighted by atomic mass is 10.1. The quantitative estimate of drug-likeness (QED) is 0.0169. The Balaban J connectivity index is 5.33. The summed E-state index contributed by atoms with van der Waals surface area (Å²) < 4.78 is 68.3. The first-order valence-electron chi connectivity index (χ1n) is 38.1. The summed E-state index contributed by atoms with van der Waals surface area (Å²) in [5, 5.41) is 10.6. The second-order valence-corrected chi connectivity index (χ2v) is 28.1. The molecule has 3 N–H and O–H groups in total. The Kier molecular flexibility index (Phi) is 68.0. The van der Waals surface area contributed by atoms with Crippen LogP contribution in [0.25, 0.3) is 0 Å². The lowest BCUT2D eigenvalue weighted by Gasteiger charge is -2.21. The number of rotatable bonds is 71. The highest BCUT2D eigenvalue weighted by atomic mass is 31.2. The molecule has 17 nitrogen and oxygen atoms in total. The minimum Gasteiger partial charge on any atom is -0.462 e. The number of phosphoric acid groups is 2. The molecule has 0 aromatic rings. The van der Waals surface area contributed by atoms with Crippen molar-refractivity contribution in [3.8, 4) is 0 Å².